The summed E-state index contributed by atoms with van der Waals surface area (Å²) in [5, 5.41) is 8.48. The maximum absolute atomic E-state index is 12.5. The second-order valence-electron chi connectivity index (χ2n) is 2.64. The number of hydrogen-bond donors (Lipinski definition) is 0. The van der Waals surface area contributed by atoms with E-state index in [1.807, 2.05) is 6.07 Å². The van der Waals surface area contributed by atoms with E-state index in [0.717, 1.165) is 5.56 Å². The van der Waals surface area contributed by atoms with Crippen molar-refractivity contribution in [2.45, 2.75) is 12.5 Å². The molecule has 0 N–H and O–H groups in total. The Morgan fingerprint density at radius 1 is 1.46 bits per heavy atom. The van der Waals surface area contributed by atoms with Crippen LogP contribution in [0.4, 0.5) is 4.39 Å². The van der Waals surface area contributed by atoms with Gasteiger partial charge in [-0.3, -0.25) is 0 Å². The highest BCUT2D eigenvalue weighted by atomic mass is 19.1. The quantitative estimate of drug-likeness (QED) is 0.713. The lowest BCUT2D eigenvalue weighted by Gasteiger charge is -2.11. The Morgan fingerprint density at radius 2 is 2.08 bits per heavy atom. The van der Waals surface area contributed by atoms with Crippen LogP contribution < -0.4 is 0 Å². The fourth-order valence-electron chi connectivity index (χ4n) is 1.10. The minimum Gasteiger partial charge on any atom is -0.376 e. The molecule has 0 aliphatic carbocycles. The molecule has 0 aliphatic heterocycles. The van der Waals surface area contributed by atoms with Gasteiger partial charge in [0.05, 0.1) is 18.6 Å². The van der Waals surface area contributed by atoms with E-state index in [1.165, 1.54) is 19.2 Å². The van der Waals surface area contributed by atoms with E-state index >= 15 is 0 Å². The summed E-state index contributed by atoms with van der Waals surface area (Å²) in [6.45, 7) is 0. The van der Waals surface area contributed by atoms with Gasteiger partial charge in [-0.05, 0) is 17.7 Å². The van der Waals surface area contributed by atoms with Gasteiger partial charge in [0.2, 0.25) is 0 Å². The van der Waals surface area contributed by atoms with Crippen LogP contribution in [0.5, 0.6) is 0 Å². The van der Waals surface area contributed by atoms with Crippen molar-refractivity contribution in [2.75, 3.05) is 7.11 Å². The summed E-state index contributed by atoms with van der Waals surface area (Å²) in [7, 11) is 1.53. The molecule has 1 rings (SSSR count). The maximum Gasteiger partial charge on any atom is 0.123 e. The Labute approximate surface area is 76.6 Å². The van der Waals surface area contributed by atoms with Gasteiger partial charge in [-0.2, -0.15) is 5.26 Å². The van der Waals surface area contributed by atoms with Crippen molar-refractivity contribution in [2.24, 2.45) is 0 Å². The first kappa shape index (κ1) is 9.69. The third kappa shape index (κ3) is 2.53. The normalized spacial score (nSPS) is 12.1. The molecule has 0 fully saturated rings. The zero-order valence-corrected chi connectivity index (χ0v) is 7.33. The van der Waals surface area contributed by atoms with E-state index in [2.05, 4.69) is 0 Å². The van der Waals surface area contributed by atoms with Crippen molar-refractivity contribution in [3.05, 3.63) is 35.6 Å². The largest absolute Gasteiger partial charge is 0.376 e. The predicted molar refractivity (Wildman–Crippen MR) is 46.4 cm³/mol. The lowest BCUT2D eigenvalue weighted by Crippen LogP contribution is -1.99. The third-order valence-corrected chi connectivity index (χ3v) is 1.80. The number of nitrogens with zero attached hydrogens (tertiary/aromatic N) is 1. The lowest BCUT2D eigenvalue weighted by molar-refractivity contribution is 0.107. The Bertz CT molecular complexity index is 302. The van der Waals surface area contributed by atoms with E-state index in [0.29, 0.717) is 0 Å². The van der Waals surface area contributed by atoms with Gasteiger partial charge in [0.15, 0.2) is 0 Å². The van der Waals surface area contributed by atoms with E-state index in [-0.39, 0.29) is 18.3 Å². The molecule has 1 atom stereocenters. The molecule has 0 amide bonds. The summed E-state index contributed by atoms with van der Waals surface area (Å²) in [4.78, 5) is 0. The highest BCUT2D eigenvalue weighted by Crippen LogP contribution is 2.19. The molecule has 68 valence electrons. The van der Waals surface area contributed by atoms with Gasteiger partial charge in [-0.25, -0.2) is 4.39 Å². The van der Waals surface area contributed by atoms with Crippen molar-refractivity contribution in [1.82, 2.24) is 0 Å². The Kier molecular flexibility index (Phi) is 3.41. The predicted octanol–water partition coefficient (Wildman–Crippen LogP) is 2.43. The van der Waals surface area contributed by atoms with Gasteiger partial charge in [-0.1, -0.05) is 12.1 Å². The monoisotopic (exact) mass is 179 g/mol. The fraction of sp³-hybridized carbons (Fsp3) is 0.300. The van der Waals surface area contributed by atoms with Crippen LogP contribution in [0.25, 0.3) is 0 Å². The third-order valence-electron chi connectivity index (χ3n) is 1.80. The lowest BCUT2D eigenvalue weighted by atomic mass is 10.1. The molecule has 0 spiro atoms. The molecular weight excluding hydrogens is 169 g/mol. The number of rotatable bonds is 3. The molecule has 1 unspecified atom stereocenters. The van der Waals surface area contributed by atoms with E-state index in [4.69, 9.17) is 10.00 Å². The summed E-state index contributed by atoms with van der Waals surface area (Å²) in [6, 6.07) is 7.98. The number of ether oxygens (including phenoxy) is 1. The molecule has 0 aliphatic rings. The van der Waals surface area contributed by atoms with E-state index in [1.54, 1.807) is 12.1 Å². The summed E-state index contributed by atoms with van der Waals surface area (Å²) in [5.74, 6) is -0.282. The first-order valence-corrected chi connectivity index (χ1v) is 3.93. The highest BCUT2D eigenvalue weighted by Gasteiger charge is 2.08. The average Bonchev–Trinajstić information content (AvgIpc) is 2.16. The average molecular weight is 179 g/mol. The Hall–Kier alpha value is -1.40. The van der Waals surface area contributed by atoms with Gasteiger partial charge in [0, 0.05) is 7.11 Å². The minimum atomic E-state index is -0.282. The Morgan fingerprint density at radius 3 is 2.54 bits per heavy atom. The number of hydrogen-bond acceptors (Lipinski definition) is 2. The zero-order valence-electron chi connectivity index (χ0n) is 7.33. The van der Waals surface area contributed by atoms with Crippen molar-refractivity contribution < 1.29 is 9.13 Å². The second kappa shape index (κ2) is 4.58. The standard InChI is InChI=1S/C10H10FNO/c1-13-10(6-7-12)8-2-4-9(11)5-3-8/h2-5,10H,6H2,1H3. The highest BCUT2D eigenvalue weighted by molar-refractivity contribution is 5.19. The van der Waals surface area contributed by atoms with Crippen molar-refractivity contribution >= 4 is 0 Å². The molecular formula is C10H10FNO. The van der Waals surface area contributed by atoms with Crippen LogP contribution in [0, 0.1) is 17.1 Å². The molecule has 3 heteroatoms. The minimum absolute atomic E-state index is 0.259. The first-order valence-electron chi connectivity index (χ1n) is 3.93. The van der Waals surface area contributed by atoms with E-state index < -0.39 is 0 Å². The van der Waals surface area contributed by atoms with Crippen LogP contribution in [0.2, 0.25) is 0 Å². The number of methoxy groups -OCH3 is 1. The van der Waals surface area contributed by atoms with Crippen molar-refractivity contribution in [1.29, 1.82) is 5.26 Å². The summed E-state index contributed by atoms with van der Waals surface area (Å²) >= 11 is 0. The molecule has 0 saturated heterocycles. The van der Waals surface area contributed by atoms with Crippen LogP contribution in [0.1, 0.15) is 18.1 Å². The Balaban J connectivity index is 2.80. The van der Waals surface area contributed by atoms with Gasteiger partial charge < -0.3 is 4.74 Å². The topological polar surface area (TPSA) is 33.0 Å². The van der Waals surface area contributed by atoms with Crippen LogP contribution in [-0.2, 0) is 4.74 Å². The van der Waals surface area contributed by atoms with E-state index in [9.17, 15) is 4.39 Å². The molecule has 2 nitrogen and oxygen atoms in total. The molecule has 0 aromatic heterocycles. The maximum atomic E-state index is 12.5. The molecule has 1 aromatic carbocycles. The number of nitriles is 1. The first-order chi connectivity index (χ1) is 6.27. The van der Waals surface area contributed by atoms with Gasteiger partial charge in [0.25, 0.3) is 0 Å². The van der Waals surface area contributed by atoms with Crippen molar-refractivity contribution in [3.63, 3.8) is 0 Å². The summed E-state index contributed by atoms with van der Waals surface area (Å²) in [5.41, 5.74) is 0.824. The second-order valence-corrected chi connectivity index (χ2v) is 2.64. The van der Waals surface area contributed by atoms with Gasteiger partial charge >= 0.3 is 0 Å². The molecule has 0 heterocycles. The van der Waals surface area contributed by atoms with Crippen LogP contribution in [0.3, 0.4) is 0 Å². The van der Waals surface area contributed by atoms with Crippen molar-refractivity contribution in [3.8, 4) is 6.07 Å². The smallest absolute Gasteiger partial charge is 0.123 e. The molecule has 13 heavy (non-hydrogen) atoms. The fourth-order valence-corrected chi connectivity index (χ4v) is 1.10. The van der Waals surface area contributed by atoms with Gasteiger partial charge in [0.1, 0.15) is 5.82 Å². The molecule has 0 radical (unpaired) electrons. The van der Waals surface area contributed by atoms with Crippen LogP contribution in [-0.4, -0.2) is 7.11 Å². The SMILES string of the molecule is COC(CC#N)c1ccc(F)cc1. The summed E-state index contributed by atoms with van der Waals surface area (Å²) in [6.07, 6.45) is 0.0212. The van der Waals surface area contributed by atoms with Gasteiger partial charge in [-0.15, -0.1) is 0 Å². The summed E-state index contributed by atoms with van der Waals surface area (Å²) < 4.78 is 17.6. The molecule has 0 bridgehead atoms. The molecule has 0 saturated carbocycles. The number of halogens is 1. The van der Waals surface area contributed by atoms with Crippen LogP contribution >= 0.6 is 0 Å². The number of benzene rings is 1. The van der Waals surface area contributed by atoms with Crippen LogP contribution in [0.15, 0.2) is 24.3 Å². The zero-order chi connectivity index (χ0) is 9.68. The molecule has 1 aromatic rings.